The summed E-state index contributed by atoms with van der Waals surface area (Å²) in [5.74, 6) is 0.858. The maximum Gasteiger partial charge on any atom is 0.251 e. The molecule has 0 aliphatic carbocycles. The van der Waals surface area contributed by atoms with Crippen LogP contribution in [0.15, 0.2) is 36.8 Å². The number of hydrogen-bond donors (Lipinski definition) is 1. The van der Waals surface area contributed by atoms with Crippen molar-refractivity contribution in [3.63, 3.8) is 0 Å². The van der Waals surface area contributed by atoms with E-state index in [1.54, 1.807) is 12.5 Å². The average molecular weight is 407 g/mol. The van der Waals surface area contributed by atoms with Crippen molar-refractivity contribution in [1.82, 2.24) is 24.8 Å². The Hall–Kier alpha value is -2.93. The molecule has 3 heterocycles. The predicted molar refractivity (Wildman–Crippen MR) is 120 cm³/mol. The second kappa shape index (κ2) is 8.44. The molecule has 1 aliphatic heterocycles. The van der Waals surface area contributed by atoms with Crippen LogP contribution < -0.4 is 10.2 Å². The SMILES string of the molecule is CCc1cc(C(=O)NC2CCCN(C)C2)ccc1N(C)c1cc2c(cn1)ncn2C. The van der Waals surface area contributed by atoms with Crippen LogP contribution in [0.2, 0.25) is 0 Å². The number of rotatable bonds is 5. The Balaban J connectivity index is 1.56. The molecular formula is C23H30N6O. The van der Waals surface area contributed by atoms with Gasteiger partial charge in [0.1, 0.15) is 11.3 Å². The number of anilines is 2. The second-order valence-corrected chi connectivity index (χ2v) is 8.22. The molecule has 1 unspecified atom stereocenters. The highest BCUT2D eigenvalue weighted by Gasteiger charge is 2.20. The predicted octanol–water partition coefficient (Wildman–Crippen LogP) is 3.12. The topological polar surface area (TPSA) is 66.3 Å². The maximum atomic E-state index is 12.8. The van der Waals surface area contributed by atoms with Gasteiger partial charge < -0.3 is 19.7 Å². The third kappa shape index (κ3) is 4.03. The molecule has 2 aromatic heterocycles. The third-order valence-corrected chi connectivity index (χ3v) is 5.98. The van der Waals surface area contributed by atoms with Crippen LogP contribution in [0.3, 0.4) is 0 Å². The van der Waals surface area contributed by atoms with Gasteiger partial charge in [-0.1, -0.05) is 6.92 Å². The molecule has 158 valence electrons. The van der Waals surface area contributed by atoms with E-state index in [4.69, 9.17) is 0 Å². The molecule has 3 aromatic rings. The minimum absolute atomic E-state index is 0.00799. The van der Waals surface area contributed by atoms with Crippen molar-refractivity contribution in [2.75, 3.05) is 32.1 Å². The number of pyridine rings is 1. The summed E-state index contributed by atoms with van der Waals surface area (Å²) in [6.07, 6.45) is 6.60. The molecule has 1 amide bonds. The Labute approximate surface area is 177 Å². The van der Waals surface area contributed by atoms with Crippen molar-refractivity contribution in [3.8, 4) is 0 Å². The molecule has 7 heteroatoms. The minimum Gasteiger partial charge on any atom is -0.348 e. The fourth-order valence-corrected chi connectivity index (χ4v) is 4.22. The number of piperidine rings is 1. The van der Waals surface area contributed by atoms with Gasteiger partial charge in [0.2, 0.25) is 0 Å². The summed E-state index contributed by atoms with van der Waals surface area (Å²) in [4.78, 5) is 26.1. The Morgan fingerprint density at radius 3 is 2.87 bits per heavy atom. The lowest BCUT2D eigenvalue weighted by molar-refractivity contribution is 0.0912. The number of fused-ring (bicyclic) bond motifs is 1. The van der Waals surface area contributed by atoms with Gasteiger partial charge >= 0.3 is 0 Å². The van der Waals surface area contributed by atoms with Gasteiger partial charge in [-0.05, 0) is 56.6 Å². The fraction of sp³-hybridized carbons (Fsp3) is 0.435. The summed E-state index contributed by atoms with van der Waals surface area (Å²) >= 11 is 0. The number of nitrogens with zero attached hydrogens (tertiary/aromatic N) is 5. The maximum absolute atomic E-state index is 12.8. The number of aromatic nitrogens is 3. The smallest absolute Gasteiger partial charge is 0.251 e. The number of hydrogen-bond acceptors (Lipinski definition) is 5. The van der Waals surface area contributed by atoms with E-state index in [1.165, 1.54) is 0 Å². The molecule has 1 atom stereocenters. The zero-order chi connectivity index (χ0) is 21.3. The number of carbonyl (C=O) groups excluding carboxylic acids is 1. The van der Waals surface area contributed by atoms with Crippen molar-refractivity contribution in [2.24, 2.45) is 7.05 Å². The van der Waals surface area contributed by atoms with Gasteiger partial charge in [-0.2, -0.15) is 0 Å². The van der Waals surface area contributed by atoms with Gasteiger partial charge in [0, 0.05) is 44.0 Å². The number of nitrogens with one attached hydrogen (secondary N) is 1. The van der Waals surface area contributed by atoms with Gasteiger partial charge in [0.25, 0.3) is 5.91 Å². The van der Waals surface area contributed by atoms with E-state index in [2.05, 4.69) is 39.1 Å². The number of likely N-dealkylation sites (tertiary alicyclic amines) is 1. The standard InChI is InChI=1S/C23H30N6O/c1-5-16-11-17(23(30)26-18-7-6-10-27(2)14-18)8-9-20(16)29(4)22-12-21-19(13-24-22)25-15-28(21)3/h8-9,11-13,15,18H,5-7,10,14H2,1-4H3,(H,26,30). The molecule has 0 spiro atoms. The summed E-state index contributed by atoms with van der Waals surface area (Å²) in [5, 5.41) is 3.20. The van der Waals surface area contributed by atoms with Gasteiger partial charge in [-0.3, -0.25) is 4.79 Å². The molecule has 0 radical (unpaired) electrons. The van der Waals surface area contributed by atoms with E-state index in [1.807, 2.05) is 42.9 Å². The molecule has 0 bridgehead atoms. The molecule has 7 nitrogen and oxygen atoms in total. The quantitative estimate of drug-likeness (QED) is 0.705. The normalized spacial score (nSPS) is 17.3. The van der Waals surface area contributed by atoms with E-state index in [9.17, 15) is 4.79 Å². The highest BCUT2D eigenvalue weighted by atomic mass is 16.1. The van der Waals surface area contributed by atoms with Crippen LogP contribution in [-0.2, 0) is 13.5 Å². The van der Waals surface area contributed by atoms with Crippen LogP contribution in [0.25, 0.3) is 11.0 Å². The van der Waals surface area contributed by atoms with Crippen LogP contribution in [0.5, 0.6) is 0 Å². The first-order valence-corrected chi connectivity index (χ1v) is 10.6. The van der Waals surface area contributed by atoms with E-state index in [-0.39, 0.29) is 11.9 Å². The van der Waals surface area contributed by atoms with Crippen molar-refractivity contribution in [1.29, 1.82) is 0 Å². The number of likely N-dealkylation sites (N-methyl/N-ethyl adjacent to an activating group) is 1. The Kier molecular flexibility index (Phi) is 5.72. The van der Waals surface area contributed by atoms with E-state index in [0.717, 1.165) is 60.5 Å². The molecule has 0 saturated carbocycles. The molecule has 1 N–H and O–H groups in total. The summed E-state index contributed by atoms with van der Waals surface area (Å²) in [6, 6.07) is 8.21. The second-order valence-electron chi connectivity index (χ2n) is 8.22. The lowest BCUT2D eigenvalue weighted by Crippen LogP contribution is -2.46. The molecule has 1 aromatic carbocycles. The van der Waals surface area contributed by atoms with Gasteiger partial charge in [-0.15, -0.1) is 0 Å². The Morgan fingerprint density at radius 1 is 1.27 bits per heavy atom. The van der Waals surface area contributed by atoms with Gasteiger partial charge in [-0.25, -0.2) is 9.97 Å². The highest BCUT2D eigenvalue weighted by Crippen LogP contribution is 2.29. The third-order valence-electron chi connectivity index (χ3n) is 5.98. The minimum atomic E-state index is 0.00799. The summed E-state index contributed by atoms with van der Waals surface area (Å²) in [6.45, 7) is 4.13. The Bertz CT molecular complexity index is 1060. The van der Waals surface area contributed by atoms with Crippen LogP contribution in [0.4, 0.5) is 11.5 Å². The Morgan fingerprint density at radius 2 is 2.10 bits per heavy atom. The molecule has 1 aliphatic rings. The van der Waals surface area contributed by atoms with Crippen LogP contribution >= 0.6 is 0 Å². The van der Waals surface area contributed by atoms with Crippen molar-refractivity contribution in [3.05, 3.63) is 47.9 Å². The van der Waals surface area contributed by atoms with Crippen LogP contribution in [-0.4, -0.2) is 58.6 Å². The number of carbonyl (C=O) groups is 1. The van der Waals surface area contributed by atoms with Gasteiger partial charge in [0.15, 0.2) is 0 Å². The molecule has 4 rings (SSSR count). The summed E-state index contributed by atoms with van der Waals surface area (Å²) < 4.78 is 1.99. The fourth-order valence-electron chi connectivity index (χ4n) is 4.22. The average Bonchev–Trinajstić information content (AvgIpc) is 3.13. The zero-order valence-electron chi connectivity index (χ0n) is 18.2. The van der Waals surface area contributed by atoms with Crippen molar-refractivity contribution < 1.29 is 4.79 Å². The van der Waals surface area contributed by atoms with E-state index >= 15 is 0 Å². The number of aryl methyl sites for hydroxylation is 2. The summed E-state index contributed by atoms with van der Waals surface area (Å²) in [5.41, 5.74) is 4.81. The number of benzene rings is 1. The van der Waals surface area contributed by atoms with Gasteiger partial charge in [0.05, 0.1) is 18.0 Å². The summed E-state index contributed by atoms with van der Waals surface area (Å²) in [7, 11) is 6.10. The number of imidazole rings is 1. The first-order valence-electron chi connectivity index (χ1n) is 10.6. The van der Waals surface area contributed by atoms with Crippen LogP contribution in [0.1, 0.15) is 35.7 Å². The molecular weight excluding hydrogens is 376 g/mol. The van der Waals surface area contributed by atoms with Crippen molar-refractivity contribution >= 4 is 28.4 Å². The lowest BCUT2D eigenvalue weighted by atomic mass is 10.0. The molecule has 1 saturated heterocycles. The van der Waals surface area contributed by atoms with Crippen molar-refractivity contribution in [2.45, 2.75) is 32.2 Å². The highest BCUT2D eigenvalue weighted by molar-refractivity contribution is 5.95. The first kappa shape index (κ1) is 20.3. The zero-order valence-corrected chi connectivity index (χ0v) is 18.2. The molecule has 30 heavy (non-hydrogen) atoms. The lowest BCUT2D eigenvalue weighted by Gasteiger charge is -2.30. The first-order chi connectivity index (χ1) is 14.5. The van der Waals surface area contributed by atoms with E-state index in [0.29, 0.717) is 5.56 Å². The number of amides is 1. The largest absolute Gasteiger partial charge is 0.348 e. The van der Waals surface area contributed by atoms with Crippen LogP contribution in [0, 0.1) is 0 Å². The molecule has 1 fully saturated rings. The monoisotopic (exact) mass is 406 g/mol. The van der Waals surface area contributed by atoms with E-state index < -0.39 is 0 Å².